The lowest BCUT2D eigenvalue weighted by atomic mass is 9.87. The second kappa shape index (κ2) is 13.6. The Balaban J connectivity index is 1.20. The Morgan fingerprint density at radius 1 is 0.822 bits per heavy atom. The third-order valence-corrected chi connectivity index (χ3v) is 7.42. The van der Waals surface area contributed by atoms with E-state index in [9.17, 15) is 19.1 Å². The standard InChI is InChI=1S/C37H35FN2O5/c1-37(2,3)28-9-16-31(17-10-28)45-32-15-8-26-23-39-33(22-27(26)21-32)35(41)40-34(36(42)43)20-25-6-13-30(14-7-25)44-19-18-24-4-11-29(38)12-5-24/h4-17,21-23,34H,18-20H2,1-3H3,(H,40,41)(H,42,43)/t34-/m0/s1. The number of hydrogen-bond acceptors (Lipinski definition) is 5. The van der Waals surface area contributed by atoms with Gasteiger partial charge in [-0.2, -0.15) is 0 Å². The van der Waals surface area contributed by atoms with E-state index in [0.717, 1.165) is 21.9 Å². The second-order valence-corrected chi connectivity index (χ2v) is 11.9. The molecule has 0 saturated carbocycles. The smallest absolute Gasteiger partial charge is 0.326 e. The molecule has 1 atom stereocenters. The third-order valence-electron chi connectivity index (χ3n) is 7.42. The summed E-state index contributed by atoms with van der Waals surface area (Å²) in [5, 5.41) is 14.0. The van der Waals surface area contributed by atoms with Crippen LogP contribution in [0.15, 0.2) is 103 Å². The number of carboxylic acid groups (broad SMARTS) is 1. The van der Waals surface area contributed by atoms with Gasteiger partial charge >= 0.3 is 5.97 Å². The number of carbonyl (C=O) groups excluding carboxylic acids is 1. The third kappa shape index (κ3) is 8.44. The number of ether oxygens (including phenoxy) is 2. The summed E-state index contributed by atoms with van der Waals surface area (Å²) in [6.07, 6.45) is 2.28. The number of halogens is 1. The van der Waals surface area contributed by atoms with Crippen molar-refractivity contribution in [2.45, 2.75) is 45.1 Å². The number of rotatable bonds is 11. The van der Waals surface area contributed by atoms with Gasteiger partial charge in [0.1, 0.15) is 34.8 Å². The molecule has 1 heterocycles. The lowest BCUT2D eigenvalue weighted by Gasteiger charge is -2.19. The van der Waals surface area contributed by atoms with Gasteiger partial charge in [-0.15, -0.1) is 0 Å². The fraction of sp³-hybridized carbons (Fsp3) is 0.216. The van der Waals surface area contributed by atoms with Gasteiger partial charge < -0.3 is 19.9 Å². The van der Waals surface area contributed by atoms with E-state index in [1.165, 1.54) is 17.7 Å². The summed E-state index contributed by atoms with van der Waals surface area (Å²) in [6.45, 7) is 6.87. The number of aromatic nitrogens is 1. The molecule has 8 heteroatoms. The minimum absolute atomic E-state index is 0.0402. The first-order valence-electron chi connectivity index (χ1n) is 14.7. The lowest BCUT2D eigenvalue weighted by Crippen LogP contribution is -2.42. The van der Waals surface area contributed by atoms with Crippen LogP contribution >= 0.6 is 0 Å². The number of carbonyl (C=O) groups is 2. The molecular weight excluding hydrogens is 571 g/mol. The van der Waals surface area contributed by atoms with Crippen molar-refractivity contribution in [2.75, 3.05) is 6.61 Å². The molecule has 1 amide bonds. The Morgan fingerprint density at radius 3 is 2.13 bits per heavy atom. The molecule has 0 aliphatic heterocycles. The number of nitrogens with one attached hydrogen (secondary N) is 1. The summed E-state index contributed by atoms with van der Waals surface area (Å²) < 4.78 is 24.9. The second-order valence-electron chi connectivity index (χ2n) is 11.9. The molecular formula is C37H35FN2O5. The van der Waals surface area contributed by atoms with Crippen molar-refractivity contribution in [3.05, 3.63) is 131 Å². The van der Waals surface area contributed by atoms with Gasteiger partial charge in [0.15, 0.2) is 0 Å². The Kier molecular flexibility index (Phi) is 9.42. The fourth-order valence-corrected chi connectivity index (χ4v) is 4.79. The molecule has 2 N–H and O–H groups in total. The van der Waals surface area contributed by atoms with Gasteiger partial charge in [-0.3, -0.25) is 9.78 Å². The number of hydrogen-bond donors (Lipinski definition) is 2. The number of amides is 1. The van der Waals surface area contributed by atoms with Crippen LogP contribution in [0.2, 0.25) is 0 Å². The van der Waals surface area contributed by atoms with Gasteiger partial charge in [0, 0.05) is 24.4 Å². The lowest BCUT2D eigenvalue weighted by molar-refractivity contribution is -0.139. The van der Waals surface area contributed by atoms with Crippen LogP contribution in [0.25, 0.3) is 10.8 Å². The monoisotopic (exact) mass is 606 g/mol. The zero-order chi connectivity index (χ0) is 32.0. The van der Waals surface area contributed by atoms with Crippen LogP contribution in [-0.4, -0.2) is 34.6 Å². The predicted octanol–water partition coefficient (Wildman–Crippen LogP) is 7.51. The summed E-state index contributed by atoms with van der Waals surface area (Å²) in [5.41, 5.74) is 3.03. The summed E-state index contributed by atoms with van der Waals surface area (Å²) in [7, 11) is 0. The maximum absolute atomic E-state index is 13.1. The average molecular weight is 607 g/mol. The molecule has 0 radical (unpaired) electrons. The minimum Gasteiger partial charge on any atom is -0.493 e. The fourth-order valence-electron chi connectivity index (χ4n) is 4.79. The summed E-state index contributed by atoms with van der Waals surface area (Å²) in [5.74, 6) is -0.0933. The zero-order valence-corrected chi connectivity index (χ0v) is 25.4. The molecule has 7 nitrogen and oxygen atoms in total. The van der Waals surface area contributed by atoms with E-state index >= 15 is 0 Å². The number of carboxylic acids is 1. The average Bonchev–Trinajstić information content (AvgIpc) is 3.02. The number of pyridine rings is 1. The molecule has 1 aromatic heterocycles. The molecule has 0 aliphatic carbocycles. The molecule has 5 aromatic rings. The summed E-state index contributed by atoms with van der Waals surface area (Å²) in [6, 6.07) is 27.2. The van der Waals surface area contributed by atoms with Crippen LogP contribution in [0.5, 0.6) is 17.2 Å². The largest absolute Gasteiger partial charge is 0.493 e. The SMILES string of the molecule is CC(C)(C)c1ccc(Oc2ccc3cnc(C(=O)N[C@@H](Cc4ccc(OCCc5ccc(F)cc5)cc4)C(=O)O)cc3c2)cc1. The Labute approximate surface area is 261 Å². The van der Waals surface area contributed by atoms with E-state index in [1.807, 2.05) is 42.5 Å². The topological polar surface area (TPSA) is 97.8 Å². The van der Waals surface area contributed by atoms with Crippen molar-refractivity contribution in [1.82, 2.24) is 10.3 Å². The van der Waals surface area contributed by atoms with E-state index in [0.29, 0.717) is 30.3 Å². The molecule has 5 rings (SSSR count). The van der Waals surface area contributed by atoms with Crippen molar-refractivity contribution in [3.8, 4) is 17.2 Å². The molecule has 4 aromatic carbocycles. The zero-order valence-electron chi connectivity index (χ0n) is 25.4. The molecule has 0 bridgehead atoms. The highest BCUT2D eigenvalue weighted by atomic mass is 19.1. The highest BCUT2D eigenvalue weighted by Crippen LogP contribution is 2.29. The number of nitrogens with zero attached hydrogens (tertiary/aromatic N) is 1. The van der Waals surface area contributed by atoms with Crippen molar-refractivity contribution >= 4 is 22.6 Å². The van der Waals surface area contributed by atoms with E-state index in [-0.39, 0.29) is 23.3 Å². The van der Waals surface area contributed by atoms with Gasteiger partial charge in [-0.1, -0.05) is 57.2 Å². The van der Waals surface area contributed by atoms with Crippen LogP contribution in [-0.2, 0) is 23.1 Å². The van der Waals surface area contributed by atoms with Gasteiger partial charge in [0.25, 0.3) is 5.91 Å². The molecule has 0 spiro atoms. The van der Waals surface area contributed by atoms with Crippen LogP contribution in [0.3, 0.4) is 0 Å². The molecule has 0 aliphatic rings. The van der Waals surface area contributed by atoms with Crippen LogP contribution in [0.4, 0.5) is 4.39 Å². The van der Waals surface area contributed by atoms with Gasteiger partial charge in [0.2, 0.25) is 0 Å². The number of aliphatic carboxylic acids is 1. The summed E-state index contributed by atoms with van der Waals surface area (Å²) >= 11 is 0. The van der Waals surface area contributed by atoms with Crippen molar-refractivity contribution in [2.24, 2.45) is 0 Å². The molecule has 45 heavy (non-hydrogen) atoms. The Hall–Kier alpha value is -5.24. The van der Waals surface area contributed by atoms with E-state index < -0.39 is 17.9 Å². The predicted molar refractivity (Wildman–Crippen MR) is 172 cm³/mol. The number of benzene rings is 4. The molecule has 0 fully saturated rings. The van der Waals surface area contributed by atoms with E-state index in [1.54, 1.807) is 48.7 Å². The first kappa shape index (κ1) is 31.2. The van der Waals surface area contributed by atoms with Crippen molar-refractivity contribution in [3.63, 3.8) is 0 Å². The van der Waals surface area contributed by atoms with Crippen LogP contribution < -0.4 is 14.8 Å². The van der Waals surface area contributed by atoms with Crippen molar-refractivity contribution < 1.29 is 28.6 Å². The van der Waals surface area contributed by atoms with E-state index in [4.69, 9.17) is 9.47 Å². The maximum atomic E-state index is 13.1. The molecule has 0 unspecified atom stereocenters. The minimum atomic E-state index is -1.16. The van der Waals surface area contributed by atoms with Gasteiger partial charge in [-0.25, -0.2) is 9.18 Å². The van der Waals surface area contributed by atoms with Crippen LogP contribution in [0, 0.1) is 5.82 Å². The quantitative estimate of drug-likeness (QED) is 0.162. The first-order valence-corrected chi connectivity index (χ1v) is 14.7. The molecule has 230 valence electrons. The van der Waals surface area contributed by atoms with E-state index in [2.05, 4.69) is 31.1 Å². The van der Waals surface area contributed by atoms with Gasteiger partial charge in [0.05, 0.1) is 6.61 Å². The Bertz CT molecular complexity index is 1780. The first-order chi connectivity index (χ1) is 21.5. The van der Waals surface area contributed by atoms with Crippen molar-refractivity contribution in [1.29, 1.82) is 0 Å². The van der Waals surface area contributed by atoms with Crippen LogP contribution in [0.1, 0.15) is 48.0 Å². The molecule has 0 saturated heterocycles. The maximum Gasteiger partial charge on any atom is 0.326 e. The highest BCUT2D eigenvalue weighted by Gasteiger charge is 2.22. The summed E-state index contributed by atoms with van der Waals surface area (Å²) in [4.78, 5) is 29.4. The Morgan fingerprint density at radius 2 is 1.47 bits per heavy atom. The highest BCUT2D eigenvalue weighted by molar-refractivity contribution is 5.98. The van der Waals surface area contributed by atoms with Gasteiger partial charge in [-0.05, 0) is 88.2 Å². The number of fused-ring (bicyclic) bond motifs is 1. The normalized spacial score (nSPS) is 12.0.